The predicted molar refractivity (Wildman–Crippen MR) is 94.4 cm³/mol. The van der Waals surface area contributed by atoms with Crippen LogP contribution in [0.25, 0.3) is 0 Å². The largest absolute Gasteiger partial charge is 0.421 e. The van der Waals surface area contributed by atoms with Crippen molar-refractivity contribution in [2.75, 3.05) is 5.73 Å². The third-order valence-corrected chi connectivity index (χ3v) is 4.62. The molecule has 1 aliphatic rings. The van der Waals surface area contributed by atoms with Crippen molar-refractivity contribution in [2.45, 2.75) is 24.7 Å². The first-order valence-corrected chi connectivity index (χ1v) is 8.40. The van der Waals surface area contributed by atoms with Crippen LogP contribution in [0.5, 0.6) is 11.8 Å². The smallest absolute Gasteiger partial charge is 0.323 e. The first-order chi connectivity index (χ1) is 13.1. The summed E-state index contributed by atoms with van der Waals surface area (Å²) in [6.45, 7) is 0. The Balaban J connectivity index is 1.43. The molecule has 27 heavy (non-hydrogen) atoms. The van der Waals surface area contributed by atoms with Crippen molar-refractivity contribution in [2.24, 2.45) is 0 Å². The fourth-order valence-corrected chi connectivity index (χ4v) is 3.09. The van der Waals surface area contributed by atoms with E-state index in [9.17, 15) is 4.39 Å². The minimum atomic E-state index is -0.491. The van der Waals surface area contributed by atoms with Gasteiger partial charge in [0.15, 0.2) is 11.6 Å². The van der Waals surface area contributed by atoms with Gasteiger partial charge in [0.1, 0.15) is 17.6 Å². The lowest BCUT2D eigenvalue weighted by Gasteiger charge is -2.35. The fraction of sp³-hybridized carbons (Fsp3) is 0.211. The zero-order chi connectivity index (χ0) is 18.8. The Bertz CT molecular complexity index is 1010. The molecule has 0 radical (unpaired) electrons. The predicted octanol–water partition coefficient (Wildman–Crippen LogP) is 3.31. The molecule has 2 aromatic heterocycles. The molecule has 0 bridgehead atoms. The van der Waals surface area contributed by atoms with Gasteiger partial charge in [-0.3, -0.25) is 4.98 Å². The zero-order valence-electron chi connectivity index (χ0n) is 14.2. The minimum Gasteiger partial charge on any atom is -0.421 e. The number of hydrogen-bond donors (Lipinski definition) is 1. The van der Waals surface area contributed by atoms with Gasteiger partial charge in [0.2, 0.25) is 0 Å². The number of anilines is 1. The first-order valence-electron chi connectivity index (χ1n) is 8.40. The van der Waals surface area contributed by atoms with E-state index in [1.165, 1.54) is 18.3 Å². The van der Waals surface area contributed by atoms with Crippen LogP contribution in [0.1, 0.15) is 41.6 Å². The van der Waals surface area contributed by atoms with Crippen molar-refractivity contribution < 1.29 is 9.13 Å². The molecule has 8 heteroatoms. The molecule has 1 fully saturated rings. The van der Waals surface area contributed by atoms with Crippen molar-refractivity contribution in [1.29, 1.82) is 5.26 Å². The second-order valence-electron chi connectivity index (χ2n) is 6.36. The summed E-state index contributed by atoms with van der Waals surface area (Å²) < 4.78 is 19.8. The highest BCUT2D eigenvalue weighted by molar-refractivity contribution is 5.35. The Labute approximate surface area is 154 Å². The molecule has 1 aliphatic carbocycles. The number of benzene rings is 1. The van der Waals surface area contributed by atoms with Crippen molar-refractivity contribution in [1.82, 2.24) is 19.9 Å². The maximum absolute atomic E-state index is 14.4. The first kappa shape index (κ1) is 16.8. The lowest BCUT2D eigenvalue weighted by atomic mass is 9.70. The van der Waals surface area contributed by atoms with Gasteiger partial charge >= 0.3 is 6.01 Å². The average molecular weight is 362 g/mol. The summed E-state index contributed by atoms with van der Waals surface area (Å²) in [7, 11) is 0. The summed E-state index contributed by atoms with van der Waals surface area (Å²) in [6, 6.07) is 8.14. The second-order valence-corrected chi connectivity index (χ2v) is 6.36. The molecule has 0 saturated heterocycles. The monoisotopic (exact) mass is 362 g/mol. The van der Waals surface area contributed by atoms with Gasteiger partial charge in [-0.25, -0.2) is 14.4 Å². The zero-order valence-corrected chi connectivity index (χ0v) is 14.2. The Kier molecular flexibility index (Phi) is 4.34. The molecule has 0 amide bonds. The molecular formula is C19H15FN6O. The summed E-state index contributed by atoms with van der Waals surface area (Å²) >= 11 is 0. The van der Waals surface area contributed by atoms with E-state index in [1.807, 2.05) is 12.1 Å². The molecule has 2 N–H and O–H groups in total. The molecule has 4 rings (SSSR count). The average Bonchev–Trinajstić information content (AvgIpc) is 2.64. The normalized spacial score (nSPS) is 18.4. The van der Waals surface area contributed by atoms with Crippen molar-refractivity contribution in [3.8, 4) is 17.8 Å². The van der Waals surface area contributed by atoms with Gasteiger partial charge in [0.05, 0.1) is 18.1 Å². The Morgan fingerprint density at radius 1 is 1.11 bits per heavy atom. The van der Waals surface area contributed by atoms with Crippen LogP contribution in [0.15, 0.2) is 42.9 Å². The van der Waals surface area contributed by atoms with Gasteiger partial charge in [-0.1, -0.05) is 6.07 Å². The summed E-state index contributed by atoms with van der Waals surface area (Å²) in [4.78, 5) is 16.1. The third-order valence-electron chi connectivity index (χ3n) is 4.62. The summed E-state index contributed by atoms with van der Waals surface area (Å²) in [6.07, 6.45) is 6.40. The lowest BCUT2D eigenvalue weighted by molar-refractivity contribution is 0.342. The molecule has 0 atom stereocenters. The van der Waals surface area contributed by atoms with Gasteiger partial charge in [0.25, 0.3) is 0 Å². The number of ether oxygens (including phenoxy) is 1. The maximum Gasteiger partial charge on any atom is 0.323 e. The minimum absolute atomic E-state index is 0.0223. The molecule has 0 aliphatic heterocycles. The van der Waals surface area contributed by atoms with Gasteiger partial charge in [-0.2, -0.15) is 10.2 Å². The van der Waals surface area contributed by atoms with Crippen LogP contribution in [-0.2, 0) is 0 Å². The van der Waals surface area contributed by atoms with Crippen LogP contribution in [0.3, 0.4) is 0 Å². The number of aromatic nitrogens is 4. The number of nitriles is 1. The third kappa shape index (κ3) is 3.53. The number of hydrogen-bond acceptors (Lipinski definition) is 7. The lowest BCUT2D eigenvalue weighted by Crippen LogP contribution is -2.21. The molecule has 7 nitrogen and oxygen atoms in total. The molecule has 0 spiro atoms. The molecular weight excluding hydrogens is 347 g/mol. The number of rotatable bonds is 4. The Hall–Kier alpha value is -3.60. The van der Waals surface area contributed by atoms with Gasteiger partial charge < -0.3 is 10.5 Å². The van der Waals surface area contributed by atoms with E-state index >= 15 is 0 Å². The molecule has 0 unspecified atom stereocenters. The van der Waals surface area contributed by atoms with E-state index in [-0.39, 0.29) is 23.4 Å². The van der Waals surface area contributed by atoms with E-state index in [4.69, 9.17) is 15.7 Å². The number of nitrogens with two attached hydrogens (primary N) is 1. The van der Waals surface area contributed by atoms with Crippen LogP contribution in [-0.4, -0.2) is 19.9 Å². The Morgan fingerprint density at radius 3 is 2.67 bits per heavy atom. The quantitative estimate of drug-likeness (QED) is 0.758. The van der Waals surface area contributed by atoms with Crippen LogP contribution in [0.2, 0.25) is 0 Å². The van der Waals surface area contributed by atoms with Crippen molar-refractivity contribution in [3.63, 3.8) is 0 Å². The van der Waals surface area contributed by atoms with Crippen LogP contribution < -0.4 is 10.5 Å². The molecule has 2 heterocycles. The highest BCUT2D eigenvalue weighted by Crippen LogP contribution is 2.47. The number of nitrogen functional groups attached to an aromatic ring is 1. The van der Waals surface area contributed by atoms with Gasteiger partial charge in [0, 0.05) is 12.1 Å². The van der Waals surface area contributed by atoms with Gasteiger partial charge in [-0.05, 0) is 42.5 Å². The molecule has 3 aromatic rings. The second kappa shape index (κ2) is 6.96. The fourth-order valence-electron chi connectivity index (χ4n) is 3.09. The highest BCUT2D eigenvalue weighted by atomic mass is 19.1. The van der Waals surface area contributed by atoms with Crippen LogP contribution >= 0.6 is 0 Å². The summed E-state index contributed by atoms with van der Waals surface area (Å²) in [5.41, 5.74) is 7.53. The van der Waals surface area contributed by atoms with Crippen LogP contribution in [0, 0.1) is 17.1 Å². The SMILES string of the molecule is N#Cc1ccnc(Oc2ccc(C3CC(c4cnc(N)cn4)C3)cc2F)n1. The topological polar surface area (TPSA) is 111 Å². The van der Waals surface area contributed by atoms with E-state index < -0.39 is 5.82 Å². The highest BCUT2D eigenvalue weighted by Gasteiger charge is 2.33. The van der Waals surface area contributed by atoms with E-state index in [1.54, 1.807) is 18.5 Å². The van der Waals surface area contributed by atoms with Crippen molar-refractivity contribution in [3.05, 3.63) is 65.6 Å². The number of halogens is 1. The summed E-state index contributed by atoms with van der Waals surface area (Å²) in [5, 5.41) is 8.85. The van der Waals surface area contributed by atoms with E-state index in [2.05, 4.69) is 19.9 Å². The van der Waals surface area contributed by atoms with Crippen LogP contribution in [0.4, 0.5) is 10.2 Å². The summed E-state index contributed by atoms with van der Waals surface area (Å²) in [5.74, 6) is 0.500. The molecule has 1 aromatic carbocycles. The Morgan fingerprint density at radius 2 is 1.96 bits per heavy atom. The van der Waals surface area contributed by atoms with E-state index in [0.29, 0.717) is 11.7 Å². The van der Waals surface area contributed by atoms with Crippen molar-refractivity contribution >= 4 is 5.82 Å². The standard InChI is InChI=1S/C19H15FN6O/c20-15-7-11(12-5-13(6-12)16-9-25-18(22)10-24-16)1-2-17(15)27-19-23-4-3-14(8-21)26-19/h1-4,7,9-10,12-13H,5-6H2,(H2,22,25). The number of nitrogens with zero attached hydrogens (tertiary/aromatic N) is 5. The molecule has 134 valence electrons. The van der Waals surface area contributed by atoms with Gasteiger partial charge in [-0.15, -0.1) is 0 Å². The molecule has 1 saturated carbocycles. The maximum atomic E-state index is 14.4. The van der Waals surface area contributed by atoms with E-state index in [0.717, 1.165) is 24.1 Å².